The molecule has 0 saturated heterocycles. The number of nitrogens with one attached hydrogen (secondary N) is 1. The molecule has 0 radical (unpaired) electrons. The fraction of sp³-hybridized carbons (Fsp3) is 0.118. The molecule has 3 aromatic rings. The molecule has 5 heteroatoms. The minimum absolute atomic E-state index is 0.103. The third-order valence-electron chi connectivity index (χ3n) is 3.28. The molecule has 0 saturated carbocycles. The average molecular weight is 359 g/mol. The van der Waals surface area contributed by atoms with Crippen molar-refractivity contribution in [1.29, 1.82) is 0 Å². The summed E-state index contributed by atoms with van der Waals surface area (Å²) in [5, 5.41) is 11.0. The number of aromatic amines is 1. The number of aliphatic imine (C=N–C) groups is 1. The number of benzene rings is 2. The van der Waals surface area contributed by atoms with Crippen LogP contribution in [0, 0.1) is 0 Å². The molecule has 0 aliphatic carbocycles. The first-order valence-corrected chi connectivity index (χ1v) is 7.74. The van der Waals surface area contributed by atoms with E-state index in [1.807, 2.05) is 49.4 Å². The lowest BCUT2D eigenvalue weighted by Gasteiger charge is -2.05. The number of fused-ring (bicyclic) bond motifs is 1. The first-order valence-electron chi connectivity index (χ1n) is 6.95. The van der Waals surface area contributed by atoms with Crippen molar-refractivity contribution in [2.75, 3.05) is 6.61 Å². The fourth-order valence-electron chi connectivity index (χ4n) is 2.28. The van der Waals surface area contributed by atoms with E-state index in [-0.39, 0.29) is 5.88 Å². The van der Waals surface area contributed by atoms with Crippen LogP contribution in [-0.2, 0) is 0 Å². The summed E-state index contributed by atoms with van der Waals surface area (Å²) in [5.74, 6) is 0.826. The van der Waals surface area contributed by atoms with Crippen molar-refractivity contribution in [1.82, 2.24) is 4.98 Å². The van der Waals surface area contributed by atoms with Gasteiger partial charge in [0.05, 0.1) is 12.2 Å². The molecule has 0 bridgehead atoms. The van der Waals surface area contributed by atoms with Crippen LogP contribution >= 0.6 is 15.9 Å². The van der Waals surface area contributed by atoms with E-state index in [9.17, 15) is 5.11 Å². The Morgan fingerprint density at radius 3 is 2.91 bits per heavy atom. The number of hydrogen-bond donors (Lipinski definition) is 2. The Hall–Kier alpha value is -2.27. The average Bonchev–Trinajstić information content (AvgIpc) is 2.82. The van der Waals surface area contributed by atoms with Crippen LogP contribution in [0.15, 0.2) is 51.9 Å². The summed E-state index contributed by atoms with van der Waals surface area (Å²) in [6, 6.07) is 13.3. The van der Waals surface area contributed by atoms with Crippen molar-refractivity contribution in [3.8, 4) is 11.6 Å². The number of rotatable bonds is 4. The molecule has 2 N–H and O–H groups in total. The molecule has 0 atom stereocenters. The lowest BCUT2D eigenvalue weighted by Crippen LogP contribution is -1.91. The summed E-state index contributed by atoms with van der Waals surface area (Å²) in [4.78, 5) is 7.41. The second-order valence-electron chi connectivity index (χ2n) is 4.74. The molecule has 0 unspecified atom stereocenters. The summed E-state index contributed by atoms with van der Waals surface area (Å²) >= 11 is 3.44. The van der Waals surface area contributed by atoms with E-state index in [2.05, 4.69) is 25.9 Å². The summed E-state index contributed by atoms with van der Waals surface area (Å²) in [7, 11) is 0. The van der Waals surface area contributed by atoms with E-state index in [0.717, 1.165) is 26.8 Å². The van der Waals surface area contributed by atoms with E-state index >= 15 is 0 Å². The fourth-order valence-corrected chi connectivity index (χ4v) is 2.64. The lowest BCUT2D eigenvalue weighted by atomic mass is 10.2. The van der Waals surface area contributed by atoms with Crippen LogP contribution in [0.1, 0.15) is 12.5 Å². The molecular formula is C17H15BrN2O2. The SMILES string of the molecule is CCOc1ccccc1N=Cc1c(O)[nH]c2ccc(Br)cc12. The van der Waals surface area contributed by atoms with Crippen LogP contribution < -0.4 is 4.74 Å². The molecule has 3 rings (SSSR count). The Labute approximate surface area is 136 Å². The first-order chi connectivity index (χ1) is 10.7. The third kappa shape index (κ3) is 2.85. The zero-order valence-electron chi connectivity index (χ0n) is 12.0. The maximum Gasteiger partial charge on any atom is 0.198 e. The Bertz CT molecular complexity index is 840. The standard InChI is InChI=1S/C17H15BrN2O2/c1-2-22-16-6-4-3-5-15(16)19-10-13-12-9-11(18)7-8-14(12)20-17(13)21/h3-10,20-21H,2H2,1H3. The number of halogens is 1. The molecule has 1 aromatic heterocycles. The van der Waals surface area contributed by atoms with E-state index in [1.165, 1.54) is 0 Å². The highest BCUT2D eigenvalue weighted by molar-refractivity contribution is 9.10. The maximum absolute atomic E-state index is 10.1. The number of H-pyrrole nitrogens is 1. The third-order valence-corrected chi connectivity index (χ3v) is 3.77. The van der Waals surface area contributed by atoms with Crippen molar-refractivity contribution >= 4 is 38.7 Å². The predicted octanol–water partition coefficient (Wildman–Crippen LogP) is 4.79. The second-order valence-corrected chi connectivity index (χ2v) is 5.65. The topological polar surface area (TPSA) is 57.6 Å². The molecule has 22 heavy (non-hydrogen) atoms. The van der Waals surface area contributed by atoms with Crippen LogP contribution in [-0.4, -0.2) is 22.9 Å². The molecule has 4 nitrogen and oxygen atoms in total. The van der Waals surface area contributed by atoms with Crippen molar-refractivity contribution < 1.29 is 9.84 Å². The molecule has 0 aliphatic rings. The minimum atomic E-state index is 0.103. The predicted molar refractivity (Wildman–Crippen MR) is 92.5 cm³/mol. The number of aromatic nitrogens is 1. The van der Waals surface area contributed by atoms with Gasteiger partial charge in [-0.1, -0.05) is 28.1 Å². The zero-order valence-corrected chi connectivity index (χ0v) is 13.6. The van der Waals surface area contributed by atoms with Gasteiger partial charge in [0.25, 0.3) is 0 Å². The van der Waals surface area contributed by atoms with Gasteiger partial charge in [-0.15, -0.1) is 0 Å². The van der Waals surface area contributed by atoms with Crippen LogP contribution in [0.5, 0.6) is 11.6 Å². The van der Waals surface area contributed by atoms with Crippen LogP contribution in [0.25, 0.3) is 10.9 Å². The van der Waals surface area contributed by atoms with Gasteiger partial charge in [0.1, 0.15) is 11.4 Å². The van der Waals surface area contributed by atoms with Crippen molar-refractivity contribution in [3.63, 3.8) is 0 Å². The monoisotopic (exact) mass is 358 g/mol. The number of hydrogen-bond acceptors (Lipinski definition) is 3. The molecule has 2 aromatic carbocycles. The quantitative estimate of drug-likeness (QED) is 0.659. The number of ether oxygens (including phenoxy) is 1. The van der Waals surface area contributed by atoms with Gasteiger partial charge in [-0.05, 0) is 37.3 Å². The van der Waals surface area contributed by atoms with Gasteiger partial charge >= 0.3 is 0 Å². The van der Waals surface area contributed by atoms with E-state index in [4.69, 9.17) is 4.74 Å². The molecular weight excluding hydrogens is 344 g/mol. The maximum atomic E-state index is 10.1. The zero-order chi connectivity index (χ0) is 15.5. The van der Waals surface area contributed by atoms with Crippen LogP contribution in [0.2, 0.25) is 0 Å². The van der Waals surface area contributed by atoms with Crippen molar-refractivity contribution in [2.24, 2.45) is 4.99 Å². The number of para-hydroxylation sites is 2. The van der Waals surface area contributed by atoms with Gasteiger partial charge < -0.3 is 14.8 Å². The molecule has 112 valence electrons. The summed E-state index contributed by atoms with van der Waals surface area (Å²) in [6.45, 7) is 2.52. The summed E-state index contributed by atoms with van der Waals surface area (Å²) < 4.78 is 6.50. The van der Waals surface area contributed by atoms with Gasteiger partial charge in [-0.3, -0.25) is 4.99 Å². The summed E-state index contributed by atoms with van der Waals surface area (Å²) in [5.41, 5.74) is 2.25. The highest BCUT2D eigenvalue weighted by Crippen LogP contribution is 2.30. The Morgan fingerprint density at radius 2 is 2.09 bits per heavy atom. The van der Waals surface area contributed by atoms with E-state index < -0.39 is 0 Å². The molecule has 0 fully saturated rings. The first kappa shape index (κ1) is 14.7. The lowest BCUT2D eigenvalue weighted by molar-refractivity contribution is 0.341. The van der Waals surface area contributed by atoms with Crippen LogP contribution in [0.3, 0.4) is 0 Å². The molecule has 0 amide bonds. The Kier molecular flexibility index (Phi) is 4.15. The Morgan fingerprint density at radius 1 is 1.27 bits per heavy atom. The van der Waals surface area contributed by atoms with Crippen molar-refractivity contribution in [3.05, 3.63) is 52.5 Å². The van der Waals surface area contributed by atoms with E-state index in [1.54, 1.807) is 6.21 Å². The minimum Gasteiger partial charge on any atom is -0.494 e. The molecule has 0 spiro atoms. The van der Waals surface area contributed by atoms with Gasteiger partial charge in [0.15, 0.2) is 5.88 Å². The second kappa shape index (κ2) is 6.23. The van der Waals surface area contributed by atoms with Crippen molar-refractivity contribution in [2.45, 2.75) is 6.92 Å². The summed E-state index contributed by atoms with van der Waals surface area (Å²) in [6.07, 6.45) is 1.65. The molecule has 0 aliphatic heterocycles. The van der Waals surface area contributed by atoms with Crippen LogP contribution in [0.4, 0.5) is 5.69 Å². The van der Waals surface area contributed by atoms with E-state index in [0.29, 0.717) is 12.2 Å². The largest absolute Gasteiger partial charge is 0.494 e. The Balaban J connectivity index is 2.03. The highest BCUT2D eigenvalue weighted by atomic mass is 79.9. The smallest absolute Gasteiger partial charge is 0.198 e. The molecule has 1 heterocycles. The normalized spacial score (nSPS) is 11.4. The van der Waals surface area contributed by atoms with Gasteiger partial charge in [0.2, 0.25) is 0 Å². The number of aromatic hydroxyl groups is 1. The van der Waals surface area contributed by atoms with Gasteiger partial charge in [-0.25, -0.2) is 0 Å². The van der Waals surface area contributed by atoms with Gasteiger partial charge in [-0.2, -0.15) is 0 Å². The highest BCUT2D eigenvalue weighted by Gasteiger charge is 2.09. The van der Waals surface area contributed by atoms with Gasteiger partial charge in [0, 0.05) is 21.6 Å². The number of nitrogens with zero attached hydrogens (tertiary/aromatic N) is 1.